The summed E-state index contributed by atoms with van der Waals surface area (Å²) in [5, 5.41) is 3.83. The van der Waals surface area contributed by atoms with E-state index < -0.39 is 6.61 Å². The number of rotatable bonds is 8. The summed E-state index contributed by atoms with van der Waals surface area (Å²) >= 11 is 1.19. The summed E-state index contributed by atoms with van der Waals surface area (Å²) in [5.74, 6) is 0.0347. The van der Waals surface area contributed by atoms with Crippen LogP contribution in [0.15, 0.2) is 52.4 Å². The first-order valence-corrected chi connectivity index (χ1v) is 10.2. The van der Waals surface area contributed by atoms with Crippen LogP contribution in [-0.2, 0) is 18.3 Å². The van der Waals surface area contributed by atoms with Gasteiger partial charge >= 0.3 is 6.61 Å². The van der Waals surface area contributed by atoms with E-state index in [-0.39, 0.29) is 23.0 Å². The average molecular weight is 433 g/mol. The number of aromatic nitrogens is 2. The molecule has 3 rings (SSSR count). The maximum absolute atomic E-state index is 12.5. The van der Waals surface area contributed by atoms with E-state index >= 15 is 0 Å². The molecule has 1 heterocycles. The van der Waals surface area contributed by atoms with Gasteiger partial charge in [-0.15, -0.1) is 0 Å². The lowest BCUT2D eigenvalue weighted by molar-refractivity contribution is -0.118. The first-order chi connectivity index (χ1) is 14.3. The summed E-state index contributed by atoms with van der Waals surface area (Å²) in [6.45, 7) is -0.539. The molecule has 9 heteroatoms. The molecule has 1 amide bonds. The highest BCUT2D eigenvalue weighted by molar-refractivity contribution is 7.99. The second-order valence-electron chi connectivity index (χ2n) is 6.69. The fourth-order valence-electron chi connectivity index (χ4n) is 2.86. The number of ether oxygens (including phenoxy) is 1. The van der Waals surface area contributed by atoms with Crippen LogP contribution in [0.4, 0.5) is 8.78 Å². The van der Waals surface area contributed by atoms with Crippen LogP contribution in [0.1, 0.15) is 11.1 Å². The quantitative estimate of drug-likeness (QED) is 0.436. The standard InChI is InChI=1S/C21H21F2N3O3S/c1-13-3-8-17-16(11-13)19(28)26(2)21(25-17)30-12-18(27)24-10-9-14-4-6-15(7-5-14)29-20(22)23/h3-8,11,20H,9-10,12H2,1-2H3,(H,24,27). The number of fused-ring (bicyclic) bond motifs is 1. The minimum Gasteiger partial charge on any atom is -0.435 e. The number of nitrogens with zero attached hydrogens (tertiary/aromatic N) is 2. The van der Waals surface area contributed by atoms with E-state index in [4.69, 9.17) is 0 Å². The van der Waals surface area contributed by atoms with E-state index in [1.807, 2.05) is 13.0 Å². The molecule has 6 nitrogen and oxygen atoms in total. The summed E-state index contributed by atoms with van der Waals surface area (Å²) < 4.78 is 30.1. The molecule has 0 saturated heterocycles. The van der Waals surface area contributed by atoms with E-state index in [9.17, 15) is 18.4 Å². The minimum atomic E-state index is -2.85. The van der Waals surface area contributed by atoms with Crippen molar-refractivity contribution in [2.75, 3.05) is 12.3 Å². The van der Waals surface area contributed by atoms with E-state index in [1.165, 1.54) is 28.5 Å². The van der Waals surface area contributed by atoms with Crippen LogP contribution < -0.4 is 15.6 Å². The SMILES string of the molecule is Cc1ccc2nc(SCC(=O)NCCc3ccc(OC(F)F)cc3)n(C)c(=O)c2c1. The van der Waals surface area contributed by atoms with Crippen molar-refractivity contribution in [2.45, 2.75) is 25.1 Å². The Morgan fingerprint density at radius 3 is 2.67 bits per heavy atom. The summed E-state index contributed by atoms with van der Waals surface area (Å²) in [4.78, 5) is 29.1. The van der Waals surface area contributed by atoms with Crippen LogP contribution in [0.2, 0.25) is 0 Å². The molecule has 0 aliphatic carbocycles. The van der Waals surface area contributed by atoms with E-state index in [0.29, 0.717) is 29.0 Å². The zero-order chi connectivity index (χ0) is 21.7. The second kappa shape index (κ2) is 9.71. The van der Waals surface area contributed by atoms with Gasteiger partial charge in [0.05, 0.1) is 16.7 Å². The Bertz CT molecular complexity index is 1100. The number of alkyl halides is 2. The number of halogens is 2. The topological polar surface area (TPSA) is 73.2 Å². The predicted octanol–water partition coefficient (Wildman–Crippen LogP) is 3.29. The largest absolute Gasteiger partial charge is 0.435 e. The molecular weight excluding hydrogens is 412 g/mol. The van der Waals surface area contributed by atoms with Crippen LogP contribution in [0, 0.1) is 6.92 Å². The summed E-state index contributed by atoms with van der Waals surface area (Å²) in [7, 11) is 1.64. The Balaban J connectivity index is 1.52. The highest BCUT2D eigenvalue weighted by atomic mass is 32.2. The lowest BCUT2D eigenvalue weighted by Gasteiger charge is -2.10. The van der Waals surface area contributed by atoms with Crippen LogP contribution in [0.5, 0.6) is 5.75 Å². The third-order valence-electron chi connectivity index (χ3n) is 4.41. The van der Waals surface area contributed by atoms with Crippen LogP contribution in [-0.4, -0.2) is 34.4 Å². The van der Waals surface area contributed by atoms with Gasteiger partial charge in [0.25, 0.3) is 5.56 Å². The van der Waals surface area contributed by atoms with Crippen LogP contribution >= 0.6 is 11.8 Å². The summed E-state index contributed by atoms with van der Waals surface area (Å²) in [6, 6.07) is 11.8. The van der Waals surface area contributed by atoms with Gasteiger partial charge < -0.3 is 10.1 Å². The number of aryl methyl sites for hydroxylation is 1. The molecule has 30 heavy (non-hydrogen) atoms. The number of amides is 1. The van der Waals surface area contributed by atoms with Gasteiger partial charge in [0.2, 0.25) is 5.91 Å². The Morgan fingerprint density at radius 2 is 1.97 bits per heavy atom. The van der Waals surface area contributed by atoms with Gasteiger partial charge in [-0.05, 0) is 43.2 Å². The highest BCUT2D eigenvalue weighted by Gasteiger charge is 2.11. The van der Waals surface area contributed by atoms with Gasteiger partial charge in [-0.3, -0.25) is 14.2 Å². The van der Waals surface area contributed by atoms with E-state index in [1.54, 1.807) is 31.3 Å². The van der Waals surface area contributed by atoms with E-state index in [2.05, 4.69) is 15.0 Å². The lowest BCUT2D eigenvalue weighted by Crippen LogP contribution is -2.28. The Labute approximate surface area is 176 Å². The minimum absolute atomic E-state index is 0.0952. The normalized spacial score (nSPS) is 11.1. The summed E-state index contributed by atoms with van der Waals surface area (Å²) in [5.41, 5.74) is 2.33. The number of carbonyl (C=O) groups is 1. The Kier molecular flexibility index (Phi) is 7.04. The van der Waals surface area contributed by atoms with Crippen molar-refractivity contribution in [3.05, 3.63) is 63.9 Å². The molecule has 0 aliphatic rings. The molecule has 1 N–H and O–H groups in total. The Hall–Kier alpha value is -2.94. The number of carbonyl (C=O) groups excluding carboxylic acids is 1. The molecule has 0 fully saturated rings. The third-order valence-corrected chi connectivity index (χ3v) is 5.44. The molecule has 0 bridgehead atoms. The maximum atomic E-state index is 12.5. The summed E-state index contributed by atoms with van der Waals surface area (Å²) in [6.07, 6.45) is 0.553. The second-order valence-corrected chi connectivity index (χ2v) is 7.63. The number of hydrogen-bond donors (Lipinski definition) is 1. The van der Waals surface area contributed by atoms with Crippen molar-refractivity contribution in [1.29, 1.82) is 0 Å². The maximum Gasteiger partial charge on any atom is 0.387 e. The molecule has 2 aromatic carbocycles. The first kappa shape index (κ1) is 21.8. The zero-order valence-electron chi connectivity index (χ0n) is 16.5. The van der Waals surface area contributed by atoms with Crippen LogP contribution in [0.3, 0.4) is 0 Å². The fourth-order valence-corrected chi connectivity index (χ4v) is 3.66. The molecule has 158 valence electrons. The van der Waals surface area contributed by atoms with Crippen molar-refractivity contribution >= 4 is 28.6 Å². The number of thioether (sulfide) groups is 1. The monoisotopic (exact) mass is 433 g/mol. The molecule has 0 aliphatic heterocycles. The molecule has 1 aromatic heterocycles. The number of benzene rings is 2. The average Bonchev–Trinajstić information content (AvgIpc) is 2.71. The predicted molar refractivity (Wildman–Crippen MR) is 112 cm³/mol. The molecule has 0 radical (unpaired) electrons. The molecule has 0 spiro atoms. The van der Waals surface area contributed by atoms with Crippen molar-refractivity contribution < 1.29 is 18.3 Å². The highest BCUT2D eigenvalue weighted by Crippen LogP contribution is 2.18. The Morgan fingerprint density at radius 1 is 1.23 bits per heavy atom. The van der Waals surface area contributed by atoms with Gasteiger partial charge in [0.1, 0.15) is 5.75 Å². The smallest absolute Gasteiger partial charge is 0.387 e. The lowest BCUT2D eigenvalue weighted by atomic mass is 10.1. The molecule has 0 unspecified atom stereocenters. The van der Waals surface area contributed by atoms with Crippen molar-refractivity contribution in [1.82, 2.24) is 14.9 Å². The van der Waals surface area contributed by atoms with Gasteiger partial charge in [0.15, 0.2) is 5.16 Å². The van der Waals surface area contributed by atoms with Gasteiger partial charge in [-0.25, -0.2) is 4.98 Å². The first-order valence-electron chi connectivity index (χ1n) is 9.24. The van der Waals surface area contributed by atoms with Crippen LogP contribution in [0.25, 0.3) is 10.9 Å². The molecule has 0 saturated carbocycles. The van der Waals surface area contributed by atoms with Gasteiger partial charge in [0, 0.05) is 13.6 Å². The zero-order valence-corrected chi connectivity index (χ0v) is 17.3. The fraction of sp³-hybridized carbons (Fsp3) is 0.286. The van der Waals surface area contributed by atoms with Crippen molar-refractivity contribution in [3.8, 4) is 5.75 Å². The third kappa shape index (κ3) is 5.56. The van der Waals surface area contributed by atoms with Crippen molar-refractivity contribution in [2.24, 2.45) is 7.05 Å². The van der Waals surface area contributed by atoms with Crippen molar-refractivity contribution in [3.63, 3.8) is 0 Å². The molecule has 3 aromatic rings. The van der Waals surface area contributed by atoms with Gasteiger partial charge in [-0.1, -0.05) is 35.5 Å². The molecular formula is C21H21F2N3O3S. The number of hydrogen-bond acceptors (Lipinski definition) is 5. The van der Waals surface area contributed by atoms with E-state index in [0.717, 1.165) is 11.1 Å². The van der Waals surface area contributed by atoms with Gasteiger partial charge in [-0.2, -0.15) is 8.78 Å². The molecule has 0 atom stereocenters. The number of nitrogens with one attached hydrogen (secondary N) is 1.